The summed E-state index contributed by atoms with van der Waals surface area (Å²) >= 11 is 0. The first-order valence-electron chi connectivity index (χ1n) is 4.99. The molecule has 2 atom stereocenters. The van der Waals surface area contributed by atoms with Gasteiger partial charge in [0.2, 0.25) is 0 Å². The number of nitrogens with two attached hydrogens (primary N) is 1. The lowest BCUT2D eigenvalue weighted by molar-refractivity contribution is 0.227. The van der Waals surface area contributed by atoms with E-state index in [4.69, 9.17) is 11.0 Å². The monoisotopic (exact) mass is 181 g/mol. The zero-order chi connectivity index (χ0) is 9.90. The van der Waals surface area contributed by atoms with Crippen molar-refractivity contribution < 1.29 is 0 Å². The van der Waals surface area contributed by atoms with Crippen molar-refractivity contribution in [1.29, 1.82) is 5.26 Å². The van der Waals surface area contributed by atoms with Crippen molar-refractivity contribution in [2.75, 3.05) is 13.1 Å². The number of nitrogens with zero attached hydrogens (tertiary/aromatic N) is 2. The predicted octanol–water partition coefficient (Wildman–Crippen LogP) is 1.10. The molecule has 2 N–H and O–H groups in total. The largest absolute Gasteiger partial charge is 0.324 e. The van der Waals surface area contributed by atoms with E-state index in [0.29, 0.717) is 12.5 Å². The van der Waals surface area contributed by atoms with Gasteiger partial charge in [-0.05, 0) is 19.8 Å². The van der Waals surface area contributed by atoms with Crippen molar-refractivity contribution in [3.8, 4) is 6.07 Å². The minimum atomic E-state index is -0.0388. The second-order valence-corrected chi connectivity index (χ2v) is 4.30. The summed E-state index contributed by atoms with van der Waals surface area (Å²) in [6.07, 6.45) is 2.73. The Morgan fingerprint density at radius 1 is 1.69 bits per heavy atom. The number of nitriles is 1. The van der Waals surface area contributed by atoms with Gasteiger partial charge in [-0.2, -0.15) is 5.26 Å². The van der Waals surface area contributed by atoms with Crippen LogP contribution in [0.1, 0.15) is 33.1 Å². The quantitative estimate of drug-likeness (QED) is 0.709. The highest BCUT2D eigenvalue weighted by Crippen LogP contribution is 2.22. The normalized spacial score (nSPS) is 31.5. The van der Waals surface area contributed by atoms with Crippen LogP contribution in [0.3, 0.4) is 0 Å². The molecule has 3 nitrogen and oxygen atoms in total. The van der Waals surface area contributed by atoms with E-state index in [1.54, 1.807) is 0 Å². The average molecular weight is 181 g/mol. The van der Waals surface area contributed by atoms with Crippen LogP contribution in [0.5, 0.6) is 0 Å². The lowest BCUT2D eigenvalue weighted by Gasteiger charge is -2.26. The third kappa shape index (κ3) is 2.68. The van der Waals surface area contributed by atoms with Crippen LogP contribution >= 0.6 is 0 Å². The summed E-state index contributed by atoms with van der Waals surface area (Å²) < 4.78 is 0. The maximum absolute atomic E-state index is 8.65. The smallest absolute Gasteiger partial charge is 0.0638 e. The summed E-state index contributed by atoms with van der Waals surface area (Å²) in [6.45, 7) is 6.21. The minimum absolute atomic E-state index is 0.0388. The lowest BCUT2D eigenvalue weighted by Crippen LogP contribution is -2.42. The summed E-state index contributed by atoms with van der Waals surface area (Å²) in [5.74, 6) is 0. The highest BCUT2D eigenvalue weighted by Gasteiger charge is 2.32. The Bertz CT molecular complexity index is 205. The molecule has 0 aromatic carbocycles. The zero-order valence-corrected chi connectivity index (χ0v) is 8.58. The summed E-state index contributed by atoms with van der Waals surface area (Å²) in [6, 6.07) is 2.65. The van der Waals surface area contributed by atoms with E-state index in [0.717, 1.165) is 25.9 Å². The Hall–Kier alpha value is -0.590. The fraction of sp³-hybridized carbons (Fsp3) is 0.900. The maximum atomic E-state index is 8.65. The molecule has 0 aliphatic carbocycles. The SMILES string of the molecule is CCC(CC#N)N1CCC(C)(N)C1. The van der Waals surface area contributed by atoms with Gasteiger partial charge in [-0.15, -0.1) is 0 Å². The van der Waals surface area contributed by atoms with Gasteiger partial charge in [-0.3, -0.25) is 4.90 Å². The molecule has 13 heavy (non-hydrogen) atoms. The highest BCUT2D eigenvalue weighted by molar-refractivity contribution is 4.94. The van der Waals surface area contributed by atoms with Crippen molar-refractivity contribution in [3.63, 3.8) is 0 Å². The maximum Gasteiger partial charge on any atom is 0.0638 e. The van der Waals surface area contributed by atoms with Gasteiger partial charge in [0.25, 0.3) is 0 Å². The molecule has 2 unspecified atom stereocenters. The number of hydrogen-bond acceptors (Lipinski definition) is 3. The van der Waals surface area contributed by atoms with Crippen LogP contribution in [0.4, 0.5) is 0 Å². The lowest BCUT2D eigenvalue weighted by atomic mass is 10.0. The van der Waals surface area contributed by atoms with Crippen molar-refractivity contribution >= 4 is 0 Å². The van der Waals surface area contributed by atoms with E-state index < -0.39 is 0 Å². The van der Waals surface area contributed by atoms with E-state index in [9.17, 15) is 0 Å². The van der Waals surface area contributed by atoms with Gasteiger partial charge in [0.1, 0.15) is 0 Å². The minimum Gasteiger partial charge on any atom is -0.324 e. The third-order valence-electron chi connectivity index (χ3n) is 2.85. The third-order valence-corrected chi connectivity index (χ3v) is 2.85. The molecule has 0 aromatic heterocycles. The fourth-order valence-electron chi connectivity index (χ4n) is 1.97. The summed E-state index contributed by atoms with van der Waals surface area (Å²) in [7, 11) is 0. The van der Waals surface area contributed by atoms with Crippen LogP contribution < -0.4 is 5.73 Å². The van der Waals surface area contributed by atoms with Gasteiger partial charge in [0.15, 0.2) is 0 Å². The van der Waals surface area contributed by atoms with E-state index in [-0.39, 0.29) is 5.54 Å². The van der Waals surface area contributed by atoms with Crippen LogP contribution in [0, 0.1) is 11.3 Å². The van der Waals surface area contributed by atoms with Crippen LogP contribution in [-0.4, -0.2) is 29.6 Å². The predicted molar refractivity (Wildman–Crippen MR) is 53.1 cm³/mol. The van der Waals surface area contributed by atoms with Gasteiger partial charge in [0.05, 0.1) is 12.5 Å². The van der Waals surface area contributed by atoms with Gasteiger partial charge >= 0.3 is 0 Å². The Labute approximate surface area is 80.5 Å². The molecule has 1 saturated heterocycles. The molecule has 1 fully saturated rings. The first-order valence-corrected chi connectivity index (χ1v) is 4.99. The standard InChI is InChI=1S/C10H19N3/c1-3-9(4-6-11)13-7-5-10(2,12)8-13/h9H,3-5,7-8,12H2,1-2H3. The van der Waals surface area contributed by atoms with Crippen molar-refractivity contribution in [2.24, 2.45) is 5.73 Å². The topological polar surface area (TPSA) is 53.0 Å². The molecule has 1 aliphatic rings. The molecule has 1 aliphatic heterocycles. The summed E-state index contributed by atoms with van der Waals surface area (Å²) in [5.41, 5.74) is 5.99. The molecule has 0 amide bonds. The van der Waals surface area contributed by atoms with Crippen molar-refractivity contribution in [3.05, 3.63) is 0 Å². The average Bonchev–Trinajstić information content (AvgIpc) is 2.42. The number of likely N-dealkylation sites (tertiary alicyclic amines) is 1. The molecule has 0 aromatic rings. The first-order chi connectivity index (χ1) is 6.09. The van der Waals surface area contributed by atoms with Crippen molar-refractivity contribution in [1.82, 2.24) is 4.90 Å². The van der Waals surface area contributed by atoms with Gasteiger partial charge in [-0.25, -0.2) is 0 Å². The van der Waals surface area contributed by atoms with Crippen LogP contribution in [-0.2, 0) is 0 Å². The van der Waals surface area contributed by atoms with Crippen molar-refractivity contribution in [2.45, 2.75) is 44.7 Å². The van der Waals surface area contributed by atoms with E-state index in [1.165, 1.54) is 0 Å². The van der Waals surface area contributed by atoms with E-state index >= 15 is 0 Å². The fourth-order valence-corrected chi connectivity index (χ4v) is 1.97. The molecular weight excluding hydrogens is 162 g/mol. The zero-order valence-electron chi connectivity index (χ0n) is 8.58. The van der Waals surface area contributed by atoms with E-state index in [2.05, 4.69) is 24.8 Å². The van der Waals surface area contributed by atoms with Crippen LogP contribution in [0.15, 0.2) is 0 Å². The van der Waals surface area contributed by atoms with E-state index in [1.807, 2.05) is 0 Å². The van der Waals surface area contributed by atoms with Gasteiger partial charge in [-0.1, -0.05) is 6.92 Å². The molecule has 1 rings (SSSR count). The molecule has 0 bridgehead atoms. The molecule has 0 spiro atoms. The Kier molecular flexibility index (Phi) is 3.29. The number of rotatable bonds is 3. The van der Waals surface area contributed by atoms with Crippen LogP contribution in [0.2, 0.25) is 0 Å². The molecule has 0 radical (unpaired) electrons. The highest BCUT2D eigenvalue weighted by atomic mass is 15.2. The van der Waals surface area contributed by atoms with Gasteiger partial charge < -0.3 is 5.73 Å². The Morgan fingerprint density at radius 2 is 2.38 bits per heavy atom. The Balaban J connectivity index is 2.49. The second kappa shape index (κ2) is 4.08. The second-order valence-electron chi connectivity index (χ2n) is 4.30. The molecule has 3 heteroatoms. The summed E-state index contributed by atoms with van der Waals surface area (Å²) in [5, 5.41) is 8.65. The molecule has 0 saturated carbocycles. The van der Waals surface area contributed by atoms with Gasteiger partial charge in [0, 0.05) is 24.7 Å². The number of hydrogen-bond donors (Lipinski definition) is 1. The molecular formula is C10H19N3. The molecule has 1 heterocycles. The molecule has 74 valence electrons. The van der Waals surface area contributed by atoms with Crippen LogP contribution in [0.25, 0.3) is 0 Å². The summed E-state index contributed by atoms with van der Waals surface area (Å²) in [4.78, 5) is 2.35. The first kappa shape index (κ1) is 10.5. The Morgan fingerprint density at radius 3 is 2.77 bits per heavy atom.